The van der Waals surface area contributed by atoms with Crippen molar-refractivity contribution in [3.05, 3.63) is 29.8 Å². The number of piperazine rings is 1. The van der Waals surface area contributed by atoms with Crippen molar-refractivity contribution in [1.82, 2.24) is 15.5 Å². The van der Waals surface area contributed by atoms with Gasteiger partial charge >= 0.3 is 0 Å². The maximum atomic E-state index is 13.0. The van der Waals surface area contributed by atoms with Crippen molar-refractivity contribution in [2.24, 2.45) is 5.41 Å². The summed E-state index contributed by atoms with van der Waals surface area (Å²) in [5, 5.41) is 5.95. The molecule has 2 N–H and O–H groups in total. The zero-order chi connectivity index (χ0) is 18.8. The monoisotopic (exact) mass is 359 g/mol. The largest absolute Gasteiger partial charge is 0.497 e. The molecule has 2 aliphatic rings. The molecule has 2 amide bonds. The fraction of sp³-hybridized carbons (Fsp3) is 0.600. The first kappa shape index (κ1) is 18.7. The van der Waals surface area contributed by atoms with E-state index in [0.717, 1.165) is 37.2 Å². The zero-order valence-electron chi connectivity index (χ0n) is 15.9. The molecule has 1 saturated carbocycles. The van der Waals surface area contributed by atoms with Crippen LogP contribution in [0.2, 0.25) is 0 Å². The van der Waals surface area contributed by atoms with Crippen LogP contribution in [0.3, 0.4) is 0 Å². The molecule has 1 aliphatic carbocycles. The molecule has 0 aromatic heterocycles. The summed E-state index contributed by atoms with van der Waals surface area (Å²) in [6.07, 6.45) is 1.70. The Morgan fingerprint density at radius 3 is 2.58 bits per heavy atom. The van der Waals surface area contributed by atoms with Crippen LogP contribution >= 0.6 is 0 Å². The maximum absolute atomic E-state index is 13.0. The van der Waals surface area contributed by atoms with E-state index in [0.29, 0.717) is 19.6 Å². The summed E-state index contributed by atoms with van der Waals surface area (Å²) in [7, 11) is 1.64. The molecule has 1 aromatic rings. The second-order valence-corrected chi connectivity index (χ2v) is 7.93. The SMILES string of the molecule is COc1ccc([C@]2(C(=O)NCCCN3CCNC(=O)C3)CC2(C)C)cc1. The van der Waals surface area contributed by atoms with Gasteiger partial charge in [-0.2, -0.15) is 0 Å². The highest BCUT2D eigenvalue weighted by atomic mass is 16.5. The van der Waals surface area contributed by atoms with Gasteiger partial charge in [0.15, 0.2) is 0 Å². The summed E-state index contributed by atoms with van der Waals surface area (Å²) in [5.41, 5.74) is 0.550. The Hall–Kier alpha value is -2.08. The average molecular weight is 359 g/mol. The summed E-state index contributed by atoms with van der Waals surface area (Å²) >= 11 is 0. The van der Waals surface area contributed by atoms with E-state index in [1.54, 1.807) is 7.11 Å². The van der Waals surface area contributed by atoms with E-state index in [9.17, 15) is 9.59 Å². The van der Waals surface area contributed by atoms with Crippen molar-refractivity contribution in [1.29, 1.82) is 0 Å². The van der Waals surface area contributed by atoms with Crippen LogP contribution in [0.15, 0.2) is 24.3 Å². The molecule has 3 rings (SSSR count). The number of hydrogen-bond acceptors (Lipinski definition) is 4. The normalized spacial score (nSPS) is 24.7. The van der Waals surface area contributed by atoms with Crippen LogP contribution in [-0.4, -0.2) is 56.5 Å². The van der Waals surface area contributed by atoms with E-state index in [-0.39, 0.29) is 17.2 Å². The van der Waals surface area contributed by atoms with Gasteiger partial charge in [0.2, 0.25) is 11.8 Å². The summed E-state index contributed by atoms with van der Waals surface area (Å²) < 4.78 is 5.23. The number of hydrogen-bond donors (Lipinski definition) is 2. The number of carbonyl (C=O) groups excluding carboxylic acids is 2. The Bertz CT molecular complexity index is 671. The van der Waals surface area contributed by atoms with Gasteiger partial charge in [0, 0.05) is 26.2 Å². The summed E-state index contributed by atoms with van der Waals surface area (Å²) in [6, 6.07) is 7.83. The lowest BCUT2D eigenvalue weighted by molar-refractivity contribution is -0.125. The molecule has 26 heavy (non-hydrogen) atoms. The van der Waals surface area contributed by atoms with Crippen LogP contribution in [-0.2, 0) is 15.0 Å². The Morgan fingerprint density at radius 1 is 1.31 bits per heavy atom. The maximum Gasteiger partial charge on any atom is 0.234 e. The number of ether oxygens (including phenoxy) is 1. The van der Waals surface area contributed by atoms with Crippen molar-refractivity contribution in [2.45, 2.75) is 32.1 Å². The molecule has 0 bridgehead atoms. The topological polar surface area (TPSA) is 70.7 Å². The third-order valence-electron chi connectivity index (χ3n) is 5.76. The number of nitrogens with zero attached hydrogens (tertiary/aromatic N) is 1. The lowest BCUT2D eigenvalue weighted by Gasteiger charge is -2.26. The highest BCUT2D eigenvalue weighted by molar-refractivity contribution is 5.93. The van der Waals surface area contributed by atoms with E-state index in [1.165, 1.54) is 0 Å². The lowest BCUT2D eigenvalue weighted by atomic mass is 9.87. The number of rotatable bonds is 7. The van der Waals surface area contributed by atoms with Crippen LogP contribution in [0.5, 0.6) is 5.75 Å². The molecule has 1 saturated heterocycles. The minimum atomic E-state index is -0.454. The molecule has 142 valence electrons. The van der Waals surface area contributed by atoms with E-state index >= 15 is 0 Å². The van der Waals surface area contributed by atoms with Gasteiger partial charge in [0.05, 0.1) is 19.1 Å². The predicted molar refractivity (Wildman–Crippen MR) is 100 cm³/mol. The van der Waals surface area contributed by atoms with Gasteiger partial charge in [-0.1, -0.05) is 26.0 Å². The molecule has 2 fully saturated rings. The van der Waals surface area contributed by atoms with Crippen molar-refractivity contribution >= 4 is 11.8 Å². The second-order valence-electron chi connectivity index (χ2n) is 7.93. The summed E-state index contributed by atoms with van der Waals surface area (Å²) in [5.74, 6) is 0.982. The molecule has 1 aliphatic heterocycles. The average Bonchev–Trinajstić information content (AvgIpc) is 3.22. The molecule has 1 aromatic carbocycles. The number of carbonyl (C=O) groups is 2. The standard InChI is InChI=1S/C20H29N3O3/c1-19(2)14-20(19,15-5-7-16(26-3)8-6-15)18(25)22-9-4-11-23-12-10-21-17(24)13-23/h5-8H,4,9-14H2,1-3H3,(H,21,24)(H,22,25)/t20-/m0/s1. The van der Waals surface area contributed by atoms with E-state index < -0.39 is 5.41 Å². The minimum absolute atomic E-state index is 0.0450. The molecule has 0 radical (unpaired) electrons. The van der Waals surface area contributed by atoms with Crippen LogP contribution in [0.25, 0.3) is 0 Å². The van der Waals surface area contributed by atoms with E-state index in [2.05, 4.69) is 29.4 Å². The van der Waals surface area contributed by atoms with E-state index in [1.807, 2.05) is 24.3 Å². The van der Waals surface area contributed by atoms with Gasteiger partial charge in [-0.3, -0.25) is 14.5 Å². The van der Waals surface area contributed by atoms with Crippen molar-refractivity contribution in [3.63, 3.8) is 0 Å². The van der Waals surface area contributed by atoms with Crippen molar-refractivity contribution in [2.75, 3.05) is 39.8 Å². The predicted octanol–water partition coefficient (Wildman–Crippen LogP) is 1.30. The molecular weight excluding hydrogens is 330 g/mol. The smallest absolute Gasteiger partial charge is 0.234 e. The molecule has 0 spiro atoms. The van der Waals surface area contributed by atoms with Gasteiger partial charge in [0.1, 0.15) is 5.75 Å². The molecule has 6 heteroatoms. The Labute approximate surface area is 155 Å². The van der Waals surface area contributed by atoms with Crippen molar-refractivity contribution < 1.29 is 14.3 Å². The number of nitrogens with one attached hydrogen (secondary N) is 2. The van der Waals surface area contributed by atoms with Gasteiger partial charge in [-0.05, 0) is 36.0 Å². The van der Waals surface area contributed by atoms with E-state index in [4.69, 9.17) is 4.74 Å². The van der Waals surface area contributed by atoms with Crippen LogP contribution in [0.4, 0.5) is 0 Å². The third kappa shape index (κ3) is 3.56. The summed E-state index contributed by atoms with van der Waals surface area (Å²) in [6.45, 7) is 7.78. The van der Waals surface area contributed by atoms with Crippen LogP contribution in [0, 0.1) is 5.41 Å². The Balaban J connectivity index is 1.55. The first-order valence-electron chi connectivity index (χ1n) is 9.31. The van der Waals surface area contributed by atoms with Crippen LogP contribution in [0.1, 0.15) is 32.3 Å². The van der Waals surface area contributed by atoms with Gasteiger partial charge in [0.25, 0.3) is 0 Å². The molecular formula is C20H29N3O3. The Kier molecular flexibility index (Phi) is 5.23. The van der Waals surface area contributed by atoms with Gasteiger partial charge in [-0.15, -0.1) is 0 Å². The quantitative estimate of drug-likeness (QED) is 0.720. The first-order valence-corrected chi connectivity index (χ1v) is 9.31. The summed E-state index contributed by atoms with van der Waals surface area (Å²) in [4.78, 5) is 26.5. The fourth-order valence-corrected chi connectivity index (χ4v) is 4.04. The highest BCUT2D eigenvalue weighted by Gasteiger charge is 2.66. The third-order valence-corrected chi connectivity index (χ3v) is 5.76. The van der Waals surface area contributed by atoms with Gasteiger partial charge in [-0.25, -0.2) is 0 Å². The lowest BCUT2D eigenvalue weighted by Crippen LogP contribution is -2.48. The number of benzene rings is 1. The molecule has 0 unspecified atom stereocenters. The fourth-order valence-electron chi connectivity index (χ4n) is 4.04. The van der Waals surface area contributed by atoms with Crippen molar-refractivity contribution in [3.8, 4) is 5.75 Å². The van der Waals surface area contributed by atoms with Crippen LogP contribution < -0.4 is 15.4 Å². The van der Waals surface area contributed by atoms with Gasteiger partial charge < -0.3 is 15.4 Å². The number of amides is 2. The minimum Gasteiger partial charge on any atom is -0.497 e. The molecule has 6 nitrogen and oxygen atoms in total. The molecule has 1 atom stereocenters. The second kappa shape index (κ2) is 7.27. The number of methoxy groups -OCH3 is 1. The Morgan fingerprint density at radius 2 is 2.00 bits per heavy atom. The molecule has 1 heterocycles. The highest BCUT2D eigenvalue weighted by Crippen LogP contribution is 2.64. The first-order chi connectivity index (χ1) is 12.4. The zero-order valence-corrected chi connectivity index (χ0v) is 15.9.